The Hall–Kier alpha value is -2.86. The molecule has 176 valence electrons. The highest BCUT2D eigenvalue weighted by molar-refractivity contribution is 9.10. The Labute approximate surface area is 195 Å². The quantitative estimate of drug-likeness (QED) is 0.367. The van der Waals surface area contributed by atoms with Crippen molar-refractivity contribution in [2.45, 2.75) is 32.0 Å². The second-order valence-corrected chi connectivity index (χ2v) is 8.33. The van der Waals surface area contributed by atoms with Crippen LogP contribution in [0.5, 0.6) is 0 Å². The molecule has 1 aliphatic rings. The number of nitrogens with one attached hydrogen (secondary N) is 4. The molecule has 3 aromatic rings. The van der Waals surface area contributed by atoms with Gasteiger partial charge in [-0.15, -0.1) is 0 Å². The number of anilines is 2. The van der Waals surface area contributed by atoms with Crippen molar-refractivity contribution in [1.82, 2.24) is 20.3 Å². The molecule has 1 amide bonds. The van der Waals surface area contributed by atoms with E-state index in [0.29, 0.717) is 27.6 Å². The zero-order valence-electron chi connectivity index (χ0n) is 17.6. The summed E-state index contributed by atoms with van der Waals surface area (Å²) in [5, 5.41) is 9.47. The fourth-order valence-electron chi connectivity index (χ4n) is 3.76. The molecule has 2 aromatic heterocycles. The van der Waals surface area contributed by atoms with Crippen molar-refractivity contribution in [3.8, 4) is 11.3 Å². The lowest BCUT2D eigenvalue weighted by atomic mass is 10.1. The monoisotopic (exact) mass is 526 g/mol. The van der Waals surface area contributed by atoms with Crippen LogP contribution in [0.4, 0.5) is 29.6 Å². The largest absolute Gasteiger partial charge is 0.450 e. The molecule has 4 rings (SSSR count). The number of nitrogens with zero attached hydrogens (tertiary/aromatic N) is 2. The lowest BCUT2D eigenvalue weighted by Gasteiger charge is -2.24. The molecular formula is C21H22BrF3N6O2. The molecule has 33 heavy (non-hydrogen) atoms. The molecule has 0 bridgehead atoms. The Morgan fingerprint density at radius 3 is 2.88 bits per heavy atom. The number of fused-ring (bicyclic) bond motifs is 1. The van der Waals surface area contributed by atoms with Gasteiger partial charge in [0.1, 0.15) is 5.56 Å². The van der Waals surface area contributed by atoms with Gasteiger partial charge in [-0.05, 0) is 48.3 Å². The summed E-state index contributed by atoms with van der Waals surface area (Å²) in [5.41, 5.74) is 0.0405. The Bertz CT molecular complexity index is 1160. The molecule has 4 N–H and O–H groups in total. The highest BCUT2D eigenvalue weighted by Crippen LogP contribution is 2.41. The standard InChI is InChI=1S/C21H22BrF3N6O2/c1-2-33-20(32)30-15-6-5-12-13(9-27-18(12)16(15)22)17-14(21(23,24)25)10-28-19(31-17)29-11-4-3-7-26-8-11/h5-6,9-11,26-27H,2-4,7-8H2,1H3,(H,30,32)(H,28,29,31)/t11-/m0/s1. The number of hydrogen-bond donors (Lipinski definition) is 4. The van der Waals surface area contributed by atoms with E-state index in [1.165, 1.54) is 6.20 Å². The predicted octanol–water partition coefficient (Wildman–Crippen LogP) is 5.14. The Balaban J connectivity index is 1.74. The van der Waals surface area contributed by atoms with Crippen LogP contribution in [0, 0.1) is 0 Å². The van der Waals surface area contributed by atoms with E-state index in [1.54, 1.807) is 19.1 Å². The Morgan fingerprint density at radius 2 is 2.18 bits per heavy atom. The van der Waals surface area contributed by atoms with Crippen molar-refractivity contribution in [3.63, 3.8) is 0 Å². The van der Waals surface area contributed by atoms with Gasteiger partial charge < -0.3 is 20.4 Å². The number of H-pyrrole nitrogens is 1. The number of rotatable bonds is 5. The third kappa shape index (κ3) is 5.06. The number of benzene rings is 1. The van der Waals surface area contributed by atoms with Crippen LogP contribution in [-0.2, 0) is 10.9 Å². The number of amides is 1. The van der Waals surface area contributed by atoms with Crippen molar-refractivity contribution in [2.24, 2.45) is 0 Å². The molecule has 0 aliphatic carbocycles. The van der Waals surface area contributed by atoms with E-state index >= 15 is 0 Å². The molecule has 0 radical (unpaired) electrons. The normalized spacial score (nSPS) is 16.6. The van der Waals surface area contributed by atoms with Crippen LogP contribution in [0.2, 0.25) is 0 Å². The van der Waals surface area contributed by atoms with Gasteiger partial charge in [0.05, 0.1) is 28.0 Å². The van der Waals surface area contributed by atoms with Crippen molar-refractivity contribution in [1.29, 1.82) is 0 Å². The average Bonchev–Trinajstić information content (AvgIpc) is 3.21. The van der Waals surface area contributed by atoms with Gasteiger partial charge in [-0.1, -0.05) is 6.07 Å². The number of hydrogen-bond acceptors (Lipinski definition) is 6. The lowest BCUT2D eigenvalue weighted by Crippen LogP contribution is -2.38. The first kappa shape index (κ1) is 23.3. The van der Waals surface area contributed by atoms with Gasteiger partial charge in [0.25, 0.3) is 0 Å². The average molecular weight is 527 g/mol. The van der Waals surface area contributed by atoms with Crippen molar-refractivity contribution >= 4 is 44.6 Å². The first-order chi connectivity index (χ1) is 15.8. The number of ether oxygens (including phenoxy) is 1. The zero-order valence-corrected chi connectivity index (χ0v) is 19.2. The molecule has 0 spiro atoms. The van der Waals surface area contributed by atoms with Crippen LogP contribution < -0.4 is 16.0 Å². The Kier molecular flexibility index (Phi) is 6.75. The number of halogens is 4. The molecule has 12 heteroatoms. The topological polar surface area (TPSA) is 104 Å². The fourth-order valence-corrected chi connectivity index (χ4v) is 4.31. The third-order valence-electron chi connectivity index (χ3n) is 5.28. The van der Waals surface area contributed by atoms with Gasteiger partial charge in [-0.3, -0.25) is 5.32 Å². The van der Waals surface area contributed by atoms with Crippen LogP contribution in [0.1, 0.15) is 25.3 Å². The molecule has 1 atom stereocenters. The van der Waals surface area contributed by atoms with Crippen molar-refractivity contribution in [3.05, 3.63) is 34.6 Å². The summed E-state index contributed by atoms with van der Waals surface area (Å²) in [4.78, 5) is 22.9. The summed E-state index contributed by atoms with van der Waals surface area (Å²) in [6.45, 7) is 3.49. The third-order valence-corrected chi connectivity index (χ3v) is 6.11. The van der Waals surface area contributed by atoms with Crippen LogP contribution in [0.25, 0.3) is 22.2 Å². The predicted molar refractivity (Wildman–Crippen MR) is 122 cm³/mol. The Morgan fingerprint density at radius 1 is 1.36 bits per heavy atom. The SMILES string of the molecule is CCOC(=O)Nc1ccc2c(-c3nc(N[C@H]4CCCNC4)ncc3C(F)(F)F)c[nH]c2c1Br. The number of aromatic nitrogens is 3. The summed E-state index contributed by atoms with van der Waals surface area (Å²) in [5.74, 6) is 0.140. The van der Waals surface area contributed by atoms with Crippen LogP contribution in [0.3, 0.4) is 0 Å². The van der Waals surface area contributed by atoms with E-state index in [4.69, 9.17) is 4.74 Å². The number of aromatic amines is 1. The first-order valence-corrected chi connectivity index (χ1v) is 11.2. The van der Waals surface area contributed by atoms with Gasteiger partial charge in [0.2, 0.25) is 5.95 Å². The minimum Gasteiger partial charge on any atom is -0.450 e. The molecule has 1 fully saturated rings. The van der Waals surface area contributed by atoms with Gasteiger partial charge >= 0.3 is 12.3 Å². The van der Waals surface area contributed by atoms with E-state index in [1.807, 2.05) is 0 Å². The molecule has 1 aliphatic heterocycles. The van der Waals surface area contributed by atoms with E-state index in [0.717, 1.165) is 25.6 Å². The highest BCUT2D eigenvalue weighted by atomic mass is 79.9. The molecule has 0 unspecified atom stereocenters. The second-order valence-electron chi connectivity index (χ2n) is 7.54. The van der Waals surface area contributed by atoms with Crippen molar-refractivity contribution in [2.75, 3.05) is 30.3 Å². The summed E-state index contributed by atoms with van der Waals surface area (Å²) in [6, 6.07) is 3.24. The maximum Gasteiger partial charge on any atom is 0.419 e. The van der Waals surface area contributed by atoms with Crippen LogP contribution >= 0.6 is 15.9 Å². The lowest BCUT2D eigenvalue weighted by molar-refractivity contribution is -0.137. The van der Waals surface area contributed by atoms with Crippen molar-refractivity contribution < 1.29 is 22.7 Å². The fraction of sp³-hybridized carbons (Fsp3) is 0.381. The van der Waals surface area contributed by atoms with Gasteiger partial charge in [-0.2, -0.15) is 13.2 Å². The summed E-state index contributed by atoms with van der Waals surface area (Å²) < 4.78 is 46.8. The van der Waals surface area contributed by atoms with Crippen LogP contribution in [0.15, 0.2) is 29.0 Å². The molecular weight excluding hydrogens is 505 g/mol. The minimum absolute atomic E-state index is 0.0389. The molecule has 1 saturated heterocycles. The molecule has 0 saturated carbocycles. The summed E-state index contributed by atoms with van der Waals surface area (Å²) in [7, 11) is 0. The van der Waals surface area contributed by atoms with E-state index in [-0.39, 0.29) is 29.9 Å². The molecule has 3 heterocycles. The number of piperidine rings is 1. The number of carbonyl (C=O) groups is 1. The number of carbonyl (C=O) groups excluding carboxylic acids is 1. The summed E-state index contributed by atoms with van der Waals surface area (Å²) in [6.07, 6.45) is -1.15. The van der Waals surface area contributed by atoms with Gasteiger partial charge in [0, 0.05) is 35.9 Å². The van der Waals surface area contributed by atoms with Gasteiger partial charge in [0.15, 0.2) is 0 Å². The maximum absolute atomic E-state index is 13.8. The number of alkyl halides is 3. The smallest absolute Gasteiger partial charge is 0.419 e. The first-order valence-electron chi connectivity index (χ1n) is 10.4. The zero-order chi connectivity index (χ0) is 23.6. The molecule has 8 nitrogen and oxygen atoms in total. The van der Waals surface area contributed by atoms with E-state index < -0.39 is 17.8 Å². The van der Waals surface area contributed by atoms with Crippen LogP contribution in [-0.4, -0.2) is 46.8 Å². The van der Waals surface area contributed by atoms with E-state index in [9.17, 15) is 18.0 Å². The maximum atomic E-state index is 13.8. The summed E-state index contributed by atoms with van der Waals surface area (Å²) >= 11 is 3.41. The molecule has 1 aromatic carbocycles. The van der Waals surface area contributed by atoms with E-state index in [2.05, 4.69) is 46.8 Å². The van der Waals surface area contributed by atoms with Gasteiger partial charge in [-0.25, -0.2) is 14.8 Å². The minimum atomic E-state index is -4.63. The highest BCUT2D eigenvalue weighted by Gasteiger charge is 2.36. The second kappa shape index (κ2) is 9.56.